The van der Waals surface area contributed by atoms with Crippen LogP contribution in [-0.4, -0.2) is 4.98 Å². The van der Waals surface area contributed by atoms with Gasteiger partial charge in [0.15, 0.2) is 0 Å². The molecule has 7 aromatic carbocycles. The predicted octanol–water partition coefficient (Wildman–Crippen LogP) is 12.6. The van der Waals surface area contributed by atoms with Gasteiger partial charge in [0.05, 0.1) is 28.3 Å². The molecule has 0 unspecified atom stereocenters. The quantitative estimate of drug-likeness (QED) is 0.184. The lowest BCUT2D eigenvalue weighted by atomic mass is 9.91. The van der Waals surface area contributed by atoms with Gasteiger partial charge in [0, 0.05) is 53.4 Å². The molecule has 9 aromatic rings. The summed E-state index contributed by atoms with van der Waals surface area (Å²) >= 11 is 1.82. The largest absolute Gasteiger partial charge is 0.455 e. The Balaban J connectivity index is 1.37. The normalized spacial score (nSPS) is 12.6. The summed E-state index contributed by atoms with van der Waals surface area (Å²) in [6, 6.07) is 55.8. The van der Waals surface area contributed by atoms with Crippen molar-refractivity contribution in [1.82, 2.24) is 4.98 Å². The molecular weight excluding hydrogens is 593 g/mol. The fourth-order valence-corrected chi connectivity index (χ4v) is 8.26. The van der Waals surface area contributed by atoms with E-state index in [0.717, 1.165) is 66.3 Å². The Morgan fingerprint density at radius 1 is 0.489 bits per heavy atom. The van der Waals surface area contributed by atoms with E-state index in [9.17, 15) is 0 Å². The van der Waals surface area contributed by atoms with Gasteiger partial charge in [0.25, 0.3) is 0 Å². The molecule has 1 aliphatic rings. The summed E-state index contributed by atoms with van der Waals surface area (Å²) < 4.78 is 6.88. The number of furan rings is 1. The van der Waals surface area contributed by atoms with Crippen molar-refractivity contribution in [3.8, 4) is 22.4 Å². The molecule has 0 aliphatic carbocycles. The number of fused-ring (bicyclic) bond motifs is 9. The molecule has 0 bridgehead atoms. The maximum absolute atomic E-state index is 6.88. The Morgan fingerprint density at radius 3 is 1.89 bits per heavy atom. The molecule has 0 atom stereocenters. The molecule has 0 radical (unpaired) electrons. The number of hydrogen-bond donors (Lipinski definition) is 0. The average Bonchev–Trinajstić information content (AvgIpc) is 3.53. The van der Waals surface area contributed by atoms with Crippen molar-refractivity contribution in [2.24, 2.45) is 0 Å². The highest BCUT2D eigenvalue weighted by molar-refractivity contribution is 7.99. The van der Waals surface area contributed by atoms with Gasteiger partial charge in [0.1, 0.15) is 11.2 Å². The summed E-state index contributed by atoms with van der Waals surface area (Å²) in [5.41, 5.74) is 10.4. The van der Waals surface area contributed by atoms with Crippen LogP contribution >= 0.6 is 11.8 Å². The number of rotatable bonds is 3. The SMILES string of the molecule is c1ccc(-c2nc3ccccc3c3c2cc(-c2ccccc2N2c4ccccc4Sc4ccccc42)c2oc4ccccc4c23)cc1. The van der Waals surface area contributed by atoms with Crippen LogP contribution in [-0.2, 0) is 0 Å². The zero-order chi connectivity index (χ0) is 30.9. The monoisotopic (exact) mass is 618 g/mol. The molecule has 0 spiro atoms. The molecule has 0 fully saturated rings. The van der Waals surface area contributed by atoms with Gasteiger partial charge in [-0.15, -0.1) is 0 Å². The van der Waals surface area contributed by atoms with Crippen LogP contribution in [0.2, 0.25) is 0 Å². The first kappa shape index (κ1) is 26.4. The lowest BCUT2D eigenvalue weighted by Gasteiger charge is -2.34. The molecule has 1 aliphatic heterocycles. The Labute approximate surface area is 275 Å². The molecular formula is C43H26N2OS. The molecule has 0 amide bonds. The summed E-state index contributed by atoms with van der Waals surface area (Å²) in [5.74, 6) is 0. The van der Waals surface area contributed by atoms with Gasteiger partial charge in [-0.25, -0.2) is 4.98 Å². The zero-order valence-corrected chi connectivity index (χ0v) is 26.0. The van der Waals surface area contributed by atoms with Crippen LogP contribution in [0.3, 0.4) is 0 Å². The van der Waals surface area contributed by atoms with Crippen LogP contribution in [0.15, 0.2) is 172 Å². The number of hydrogen-bond acceptors (Lipinski definition) is 4. The van der Waals surface area contributed by atoms with Crippen LogP contribution in [0.1, 0.15) is 0 Å². The Hall–Kier alpha value is -5.84. The topological polar surface area (TPSA) is 29.3 Å². The molecule has 220 valence electrons. The first-order chi connectivity index (χ1) is 23.3. The van der Waals surface area contributed by atoms with E-state index < -0.39 is 0 Å². The second-order valence-corrected chi connectivity index (χ2v) is 13.0. The second kappa shape index (κ2) is 10.3. The minimum atomic E-state index is 0.876. The van der Waals surface area contributed by atoms with Crippen LogP contribution in [0.4, 0.5) is 17.1 Å². The van der Waals surface area contributed by atoms with E-state index in [1.165, 1.54) is 26.6 Å². The lowest BCUT2D eigenvalue weighted by molar-refractivity contribution is 0.670. The summed E-state index contributed by atoms with van der Waals surface area (Å²) in [5, 5.41) is 5.62. The van der Waals surface area contributed by atoms with Crippen LogP contribution in [0.5, 0.6) is 0 Å². The average molecular weight is 619 g/mol. The predicted molar refractivity (Wildman–Crippen MR) is 196 cm³/mol. The van der Waals surface area contributed by atoms with E-state index in [4.69, 9.17) is 9.40 Å². The summed E-state index contributed by atoms with van der Waals surface area (Å²) in [4.78, 5) is 10.2. The van der Waals surface area contributed by atoms with Crippen LogP contribution < -0.4 is 4.90 Å². The van der Waals surface area contributed by atoms with Gasteiger partial charge in [0.2, 0.25) is 0 Å². The first-order valence-electron chi connectivity index (χ1n) is 15.8. The minimum absolute atomic E-state index is 0.876. The zero-order valence-electron chi connectivity index (χ0n) is 25.2. The third-order valence-electron chi connectivity index (χ3n) is 9.22. The summed E-state index contributed by atoms with van der Waals surface area (Å²) in [6.45, 7) is 0. The standard InChI is InChI=1S/C43H26N2OS/c1-2-14-27(15-3-1)42-32-26-31(43-41(30-18-6-11-23-37(30)46-43)40(32)29-17-4-7-19-33(29)44-42)28-16-5-8-20-34(28)45-35-21-9-12-24-38(35)47-39-25-13-10-22-36(39)45/h1-26H. The van der Waals surface area contributed by atoms with Crippen molar-refractivity contribution in [3.05, 3.63) is 158 Å². The third-order valence-corrected chi connectivity index (χ3v) is 10.4. The third kappa shape index (κ3) is 3.98. The van der Waals surface area contributed by atoms with Crippen LogP contribution in [0, 0.1) is 0 Å². The molecule has 3 nitrogen and oxygen atoms in total. The Bertz CT molecular complexity index is 2630. The van der Waals surface area contributed by atoms with Gasteiger partial charge >= 0.3 is 0 Å². The summed E-state index contributed by atoms with van der Waals surface area (Å²) in [7, 11) is 0. The number of benzene rings is 7. The van der Waals surface area contributed by atoms with E-state index in [1.807, 2.05) is 11.8 Å². The molecule has 4 heteroatoms. The van der Waals surface area contributed by atoms with Gasteiger partial charge in [-0.2, -0.15) is 0 Å². The van der Waals surface area contributed by atoms with Gasteiger partial charge in [-0.1, -0.05) is 121 Å². The number of aromatic nitrogens is 1. The van der Waals surface area contributed by atoms with Crippen LogP contribution in [0.25, 0.3) is 66.0 Å². The van der Waals surface area contributed by atoms with Crippen molar-refractivity contribution in [2.75, 3.05) is 4.90 Å². The molecule has 47 heavy (non-hydrogen) atoms. The second-order valence-electron chi connectivity index (χ2n) is 11.9. The highest BCUT2D eigenvalue weighted by atomic mass is 32.2. The molecule has 10 rings (SSSR count). The maximum Gasteiger partial charge on any atom is 0.143 e. The molecule has 0 N–H and O–H groups in total. The highest BCUT2D eigenvalue weighted by Crippen LogP contribution is 2.54. The van der Waals surface area contributed by atoms with Crippen molar-refractivity contribution >= 4 is 72.4 Å². The molecule has 0 saturated heterocycles. The Morgan fingerprint density at radius 2 is 1.11 bits per heavy atom. The van der Waals surface area contributed by atoms with Gasteiger partial charge in [-0.3, -0.25) is 0 Å². The minimum Gasteiger partial charge on any atom is -0.455 e. The van der Waals surface area contributed by atoms with E-state index in [1.54, 1.807) is 0 Å². The summed E-state index contributed by atoms with van der Waals surface area (Å²) in [6.07, 6.45) is 0. The van der Waals surface area contributed by atoms with E-state index in [0.29, 0.717) is 0 Å². The molecule has 3 heterocycles. The highest BCUT2D eigenvalue weighted by Gasteiger charge is 2.28. The Kier molecular flexibility index (Phi) is 5.81. The number of para-hydroxylation sites is 5. The fraction of sp³-hybridized carbons (Fsp3) is 0. The van der Waals surface area contributed by atoms with E-state index >= 15 is 0 Å². The van der Waals surface area contributed by atoms with E-state index in [2.05, 4.69) is 163 Å². The van der Waals surface area contributed by atoms with Crippen molar-refractivity contribution in [2.45, 2.75) is 9.79 Å². The lowest BCUT2D eigenvalue weighted by Crippen LogP contribution is -2.15. The van der Waals surface area contributed by atoms with E-state index in [-0.39, 0.29) is 0 Å². The molecule has 2 aromatic heterocycles. The molecule has 0 saturated carbocycles. The smallest absolute Gasteiger partial charge is 0.143 e. The van der Waals surface area contributed by atoms with Crippen molar-refractivity contribution < 1.29 is 4.42 Å². The van der Waals surface area contributed by atoms with Crippen molar-refractivity contribution in [1.29, 1.82) is 0 Å². The number of nitrogens with zero attached hydrogens (tertiary/aromatic N) is 2. The van der Waals surface area contributed by atoms with Gasteiger partial charge < -0.3 is 9.32 Å². The van der Waals surface area contributed by atoms with Gasteiger partial charge in [-0.05, 0) is 48.5 Å². The maximum atomic E-state index is 6.88. The number of pyridine rings is 1. The first-order valence-corrected chi connectivity index (χ1v) is 16.6. The fourth-order valence-electron chi connectivity index (χ4n) is 7.21. The van der Waals surface area contributed by atoms with Crippen molar-refractivity contribution in [3.63, 3.8) is 0 Å². The number of anilines is 3.